The van der Waals surface area contributed by atoms with Crippen molar-refractivity contribution in [2.24, 2.45) is 11.7 Å². The zero-order valence-corrected chi connectivity index (χ0v) is 14.9. The van der Waals surface area contributed by atoms with Gasteiger partial charge in [0.05, 0.1) is 5.02 Å². The van der Waals surface area contributed by atoms with Gasteiger partial charge in [-0.1, -0.05) is 11.6 Å². The van der Waals surface area contributed by atoms with Crippen molar-refractivity contribution in [1.29, 1.82) is 0 Å². The highest BCUT2D eigenvalue weighted by atomic mass is 127. The van der Waals surface area contributed by atoms with Crippen LogP contribution < -0.4 is 5.73 Å². The van der Waals surface area contributed by atoms with Crippen LogP contribution in [0.25, 0.3) is 0 Å². The molecule has 1 aliphatic heterocycles. The minimum Gasteiger partial charge on any atom is -0.338 e. The van der Waals surface area contributed by atoms with Crippen LogP contribution in [0.2, 0.25) is 5.02 Å². The Morgan fingerprint density at radius 3 is 2.90 bits per heavy atom. The van der Waals surface area contributed by atoms with Crippen molar-refractivity contribution in [3.05, 3.63) is 32.4 Å². The molecule has 20 heavy (non-hydrogen) atoms. The highest BCUT2D eigenvalue weighted by molar-refractivity contribution is 14.1. The fourth-order valence-electron chi connectivity index (χ4n) is 2.53. The number of benzene rings is 1. The minimum absolute atomic E-state index is 0. The second kappa shape index (κ2) is 8.41. The lowest BCUT2D eigenvalue weighted by molar-refractivity contribution is 0.0669. The van der Waals surface area contributed by atoms with Crippen molar-refractivity contribution in [3.63, 3.8) is 0 Å². The van der Waals surface area contributed by atoms with Crippen molar-refractivity contribution in [2.45, 2.75) is 19.3 Å². The Morgan fingerprint density at radius 2 is 2.25 bits per heavy atom. The number of halogens is 3. The number of carbonyl (C=O) groups excluding carboxylic acids is 1. The number of amides is 1. The van der Waals surface area contributed by atoms with Gasteiger partial charge in [0.1, 0.15) is 0 Å². The summed E-state index contributed by atoms with van der Waals surface area (Å²) in [5.41, 5.74) is 6.29. The average Bonchev–Trinajstić information content (AvgIpc) is 2.42. The van der Waals surface area contributed by atoms with Crippen LogP contribution in [0.3, 0.4) is 0 Å². The van der Waals surface area contributed by atoms with Gasteiger partial charge in [0.2, 0.25) is 0 Å². The maximum atomic E-state index is 12.4. The lowest BCUT2D eigenvalue weighted by atomic mass is 9.94. The van der Waals surface area contributed by atoms with E-state index >= 15 is 0 Å². The molecule has 1 aromatic carbocycles. The molecule has 0 saturated carbocycles. The molecule has 0 spiro atoms. The first-order valence-corrected chi connectivity index (χ1v) is 8.02. The molecule has 1 fully saturated rings. The number of carbonyl (C=O) groups is 1. The van der Waals surface area contributed by atoms with E-state index in [4.69, 9.17) is 17.3 Å². The number of rotatable bonds is 3. The van der Waals surface area contributed by atoms with E-state index in [9.17, 15) is 4.79 Å². The van der Waals surface area contributed by atoms with Gasteiger partial charge in [-0.2, -0.15) is 0 Å². The van der Waals surface area contributed by atoms with Crippen LogP contribution in [0.1, 0.15) is 29.6 Å². The number of nitrogens with zero attached hydrogens (tertiary/aromatic N) is 1. The van der Waals surface area contributed by atoms with Gasteiger partial charge in [0, 0.05) is 22.2 Å². The van der Waals surface area contributed by atoms with E-state index < -0.39 is 0 Å². The van der Waals surface area contributed by atoms with E-state index in [2.05, 4.69) is 22.6 Å². The summed E-state index contributed by atoms with van der Waals surface area (Å²) in [7, 11) is 0. The Morgan fingerprint density at radius 1 is 1.50 bits per heavy atom. The van der Waals surface area contributed by atoms with Gasteiger partial charge >= 0.3 is 0 Å². The third kappa shape index (κ3) is 4.48. The molecule has 0 radical (unpaired) electrons. The minimum atomic E-state index is 0. The third-order valence-electron chi connectivity index (χ3n) is 3.55. The maximum Gasteiger partial charge on any atom is 0.253 e. The van der Waals surface area contributed by atoms with E-state index in [1.807, 2.05) is 17.0 Å². The number of nitrogens with two attached hydrogens (primary N) is 1. The van der Waals surface area contributed by atoms with Gasteiger partial charge in [-0.15, -0.1) is 12.4 Å². The summed E-state index contributed by atoms with van der Waals surface area (Å²) in [6, 6.07) is 5.50. The van der Waals surface area contributed by atoms with Crippen LogP contribution in [0.5, 0.6) is 0 Å². The number of piperidine rings is 1. The molecule has 1 saturated heterocycles. The summed E-state index contributed by atoms with van der Waals surface area (Å²) in [4.78, 5) is 14.4. The van der Waals surface area contributed by atoms with Gasteiger partial charge in [0.15, 0.2) is 0 Å². The van der Waals surface area contributed by atoms with E-state index in [1.54, 1.807) is 6.07 Å². The quantitative estimate of drug-likeness (QED) is 0.748. The average molecular weight is 429 g/mol. The summed E-state index contributed by atoms with van der Waals surface area (Å²) in [5, 5.41) is 0.641. The van der Waals surface area contributed by atoms with E-state index in [0.717, 1.165) is 29.5 Å². The first-order valence-electron chi connectivity index (χ1n) is 6.56. The summed E-state index contributed by atoms with van der Waals surface area (Å²) < 4.78 is 0.968. The smallest absolute Gasteiger partial charge is 0.253 e. The first-order chi connectivity index (χ1) is 9.11. The van der Waals surface area contributed by atoms with Gasteiger partial charge in [-0.25, -0.2) is 0 Å². The lowest BCUT2D eigenvalue weighted by Crippen LogP contribution is -2.40. The number of hydrogen-bond acceptors (Lipinski definition) is 2. The largest absolute Gasteiger partial charge is 0.338 e. The molecule has 3 nitrogen and oxygen atoms in total. The van der Waals surface area contributed by atoms with Crippen LogP contribution in [-0.2, 0) is 0 Å². The van der Waals surface area contributed by atoms with Gasteiger partial charge in [-0.3, -0.25) is 4.79 Å². The zero-order valence-electron chi connectivity index (χ0n) is 11.1. The Kier molecular flexibility index (Phi) is 7.58. The fraction of sp³-hybridized carbons (Fsp3) is 0.500. The predicted octanol–water partition coefficient (Wildman–Crippen LogP) is 3.57. The van der Waals surface area contributed by atoms with Crippen LogP contribution in [0.4, 0.5) is 0 Å². The molecule has 2 rings (SSSR count). The fourth-order valence-corrected chi connectivity index (χ4v) is 3.05. The molecule has 1 aromatic rings. The standard InChI is InChI=1S/C14H18ClIN2O.ClH/c15-12-8-11(3-4-13(12)16)14(19)18-7-1-2-10(9-18)5-6-17;/h3-4,8,10H,1-2,5-7,9,17H2;1H. The topological polar surface area (TPSA) is 46.3 Å². The SMILES string of the molecule is Cl.NCCC1CCCN(C(=O)c2ccc(I)c(Cl)c2)C1. The van der Waals surface area contributed by atoms with E-state index in [0.29, 0.717) is 23.0 Å². The van der Waals surface area contributed by atoms with Gasteiger partial charge < -0.3 is 10.6 Å². The van der Waals surface area contributed by atoms with Gasteiger partial charge in [0.25, 0.3) is 5.91 Å². The number of hydrogen-bond donors (Lipinski definition) is 1. The molecule has 6 heteroatoms. The maximum absolute atomic E-state index is 12.4. The summed E-state index contributed by atoms with van der Waals surface area (Å²) >= 11 is 8.24. The Hall–Kier alpha value is -0.0400. The first kappa shape index (κ1) is 18.0. The van der Waals surface area contributed by atoms with Crippen molar-refractivity contribution < 1.29 is 4.79 Å². The van der Waals surface area contributed by atoms with E-state index in [1.165, 1.54) is 6.42 Å². The molecule has 112 valence electrons. The highest BCUT2D eigenvalue weighted by Crippen LogP contribution is 2.23. The Balaban J connectivity index is 0.00000200. The predicted molar refractivity (Wildman–Crippen MR) is 93.7 cm³/mol. The third-order valence-corrected chi connectivity index (χ3v) is 5.12. The second-order valence-corrected chi connectivity index (χ2v) is 6.54. The Bertz CT molecular complexity index is 468. The van der Waals surface area contributed by atoms with Crippen LogP contribution in [-0.4, -0.2) is 30.4 Å². The van der Waals surface area contributed by atoms with Crippen molar-refractivity contribution >= 4 is 52.5 Å². The molecule has 1 atom stereocenters. The summed E-state index contributed by atoms with van der Waals surface area (Å²) in [6.07, 6.45) is 3.24. The molecule has 1 aliphatic rings. The van der Waals surface area contributed by atoms with Crippen molar-refractivity contribution in [1.82, 2.24) is 4.90 Å². The molecule has 1 heterocycles. The molecular weight excluding hydrogens is 410 g/mol. The molecule has 1 unspecified atom stereocenters. The second-order valence-electron chi connectivity index (χ2n) is 4.97. The van der Waals surface area contributed by atoms with Crippen LogP contribution in [0.15, 0.2) is 18.2 Å². The molecule has 0 aliphatic carbocycles. The van der Waals surface area contributed by atoms with Crippen LogP contribution >= 0.6 is 46.6 Å². The molecular formula is C14H19Cl2IN2O. The number of likely N-dealkylation sites (tertiary alicyclic amines) is 1. The zero-order chi connectivity index (χ0) is 13.8. The Labute approximate surface area is 144 Å². The van der Waals surface area contributed by atoms with Crippen molar-refractivity contribution in [2.75, 3.05) is 19.6 Å². The molecule has 0 aromatic heterocycles. The summed E-state index contributed by atoms with van der Waals surface area (Å²) in [6.45, 7) is 2.35. The van der Waals surface area contributed by atoms with E-state index in [-0.39, 0.29) is 18.3 Å². The monoisotopic (exact) mass is 428 g/mol. The molecule has 0 bridgehead atoms. The molecule has 2 N–H and O–H groups in total. The normalized spacial score (nSPS) is 18.6. The summed E-state index contributed by atoms with van der Waals surface area (Å²) in [5.74, 6) is 0.627. The lowest BCUT2D eigenvalue weighted by Gasteiger charge is -2.32. The van der Waals surface area contributed by atoms with Gasteiger partial charge in [-0.05, 0) is 72.5 Å². The van der Waals surface area contributed by atoms with Crippen LogP contribution in [0, 0.1) is 9.49 Å². The van der Waals surface area contributed by atoms with Crippen molar-refractivity contribution in [3.8, 4) is 0 Å². The molecule has 1 amide bonds. The highest BCUT2D eigenvalue weighted by Gasteiger charge is 2.24.